The Morgan fingerprint density at radius 2 is 1.48 bits per heavy atom. The van der Waals surface area contributed by atoms with Gasteiger partial charge in [0.05, 0.1) is 7.11 Å². The number of benzene rings is 1. The number of thioether (sulfide) groups is 1. The fourth-order valence-corrected chi connectivity index (χ4v) is 5.31. The summed E-state index contributed by atoms with van der Waals surface area (Å²) in [5.74, 6) is -4.92. The summed E-state index contributed by atoms with van der Waals surface area (Å²) in [5, 5.41) is 0. The van der Waals surface area contributed by atoms with Crippen molar-refractivity contribution in [3.05, 3.63) is 30.3 Å². The fraction of sp³-hybridized carbons (Fsp3) is 0.538. The number of ether oxygens (including phenoxy) is 7. The van der Waals surface area contributed by atoms with E-state index in [4.69, 9.17) is 33.2 Å². The lowest BCUT2D eigenvalue weighted by molar-refractivity contribution is -0.249. The fourth-order valence-electron chi connectivity index (χ4n) is 4.07. The lowest BCUT2D eigenvalue weighted by atomic mass is 9.91. The number of hydrogen-bond acceptors (Lipinski definition) is 14. The Morgan fingerprint density at radius 3 is 1.98 bits per heavy atom. The van der Waals surface area contributed by atoms with Crippen LogP contribution in [0.4, 0.5) is 0 Å². The van der Waals surface area contributed by atoms with E-state index in [1.165, 1.54) is 0 Å². The number of esters is 6. The molecule has 0 aromatic heterocycles. The zero-order valence-electron chi connectivity index (χ0n) is 22.9. The predicted molar refractivity (Wildman–Crippen MR) is 135 cm³/mol. The molecule has 1 heterocycles. The minimum absolute atomic E-state index is 0.345. The van der Waals surface area contributed by atoms with E-state index in [2.05, 4.69) is 0 Å². The standard InChI is InChI=1S/C26H32O13S/c1-14(27)34-13-21(36-16(3)29)23(38-18(5)31)24-22(37-17(4)30)20(35-15(2)28)12-26(39-24,25(32)33-6)40-19-10-8-7-9-11-19/h7-11,20-24H,12-13H2,1-6H3/t20-,21+,22+,23+,24+,26-/m0/s1. The third kappa shape index (κ3) is 9.23. The summed E-state index contributed by atoms with van der Waals surface area (Å²) >= 11 is 0.918. The van der Waals surface area contributed by atoms with Gasteiger partial charge < -0.3 is 33.2 Å². The number of hydrogen-bond donors (Lipinski definition) is 0. The van der Waals surface area contributed by atoms with Gasteiger partial charge in [-0.25, -0.2) is 4.79 Å². The topological polar surface area (TPSA) is 167 Å². The van der Waals surface area contributed by atoms with Crippen LogP contribution in [-0.2, 0) is 61.9 Å². The van der Waals surface area contributed by atoms with Gasteiger partial charge in [-0.1, -0.05) is 30.0 Å². The van der Waals surface area contributed by atoms with Crippen molar-refractivity contribution in [2.24, 2.45) is 0 Å². The first kappa shape index (κ1) is 32.6. The number of carbonyl (C=O) groups is 6. The minimum Gasteiger partial charge on any atom is -0.466 e. The lowest BCUT2D eigenvalue weighted by Crippen LogP contribution is -2.64. The van der Waals surface area contributed by atoms with Crippen LogP contribution < -0.4 is 0 Å². The van der Waals surface area contributed by atoms with E-state index in [0.717, 1.165) is 53.5 Å². The van der Waals surface area contributed by atoms with Gasteiger partial charge in [0.25, 0.3) is 0 Å². The second-order valence-electron chi connectivity index (χ2n) is 8.69. The van der Waals surface area contributed by atoms with Gasteiger partial charge in [0.2, 0.25) is 4.93 Å². The molecule has 0 bridgehead atoms. The lowest BCUT2D eigenvalue weighted by Gasteiger charge is -2.47. The summed E-state index contributed by atoms with van der Waals surface area (Å²) in [6, 6.07) is 8.58. The van der Waals surface area contributed by atoms with Gasteiger partial charge in [-0.15, -0.1) is 0 Å². The minimum atomic E-state index is -1.93. The van der Waals surface area contributed by atoms with Crippen LogP contribution in [0.15, 0.2) is 35.2 Å². The molecule has 1 aliphatic rings. The van der Waals surface area contributed by atoms with E-state index in [-0.39, 0.29) is 6.42 Å². The van der Waals surface area contributed by atoms with Gasteiger partial charge in [0.15, 0.2) is 18.3 Å². The largest absolute Gasteiger partial charge is 0.466 e. The number of methoxy groups -OCH3 is 1. The van der Waals surface area contributed by atoms with Gasteiger partial charge in [-0.2, -0.15) is 0 Å². The highest BCUT2D eigenvalue weighted by molar-refractivity contribution is 8.01. The maximum absolute atomic E-state index is 13.3. The van der Waals surface area contributed by atoms with Gasteiger partial charge in [-0.3, -0.25) is 24.0 Å². The number of carbonyl (C=O) groups excluding carboxylic acids is 6. The van der Waals surface area contributed by atoms with Crippen molar-refractivity contribution in [2.75, 3.05) is 13.7 Å². The van der Waals surface area contributed by atoms with Gasteiger partial charge in [-0.05, 0) is 12.1 Å². The van der Waals surface area contributed by atoms with Crippen molar-refractivity contribution in [1.82, 2.24) is 0 Å². The third-order valence-corrected chi connectivity index (χ3v) is 6.66. The van der Waals surface area contributed by atoms with Crippen LogP contribution >= 0.6 is 11.8 Å². The van der Waals surface area contributed by atoms with Crippen LogP contribution in [0.2, 0.25) is 0 Å². The quantitative estimate of drug-likeness (QED) is 0.272. The molecule has 6 atom stereocenters. The highest BCUT2D eigenvalue weighted by atomic mass is 32.2. The van der Waals surface area contributed by atoms with Crippen molar-refractivity contribution in [1.29, 1.82) is 0 Å². The van der Waals surface area contributed by atoms with Crippen LogP contribution in [0, 0.1) is 0 Å². The molecule has 1 saturated heterocycles. The Morgan fingerprint density at radius 1 is 0.875 bits per heavy atom. The SMILES string of the molecule is COC(=O)[C@@]1(Sc2ccccc2)C[C@H](OC(C)=O)[C@@H](OC(C)=O)[C@H]([C@H](OC(C)=O)[C@@H](COC(C)=O)OC(C)=O)O1. The Kier molecular flexibility index (Phi) is 11.9. The monoisotopic (exact) mass is 584 g/mol. The molecule has 1 aromatic rings. The van der Waals surface area contributed by atoms with Gasteiger partial charge in [0.1, 0.15) is 18.8 Å². The molecule has 0 N–H and O–H groups in total. The molecule has 1 fully saturated rings. The average Bonchev–Trinajstić information content (AvgIpc) is 2.85. The molecule has 13 nitrogen and oxygen atoms in total. The Labute approximate surface area is 235 Å². The Bertz CT molecular complexity index is 1090. The molecule has 0 saturated carbocycles. The molecule has 2 rings (SSSR count). The normalized spacial score (nSPS) is 23.5. The van der Waals surface area contributed by atoms with Crippen LogP contribution in [0.25, 0.3) is 0 Å². The first-order valence-electron chi connectivity index (χ1n) is 12.1. The zero-order valence-corrected chi connectivity index (χ0v) is 23.7. The van der Waals surface area contributed by atoms with E-state index in [1.54, 1.807) is 30.3 Å². The number of rotatable bonds is 11. The summed E-state index contributed by atoms with van der Waals surface area (Å²) in [4.78, 5) is 72.0. The van der Waals surface area contributed by atoms with Gasteiger partial charge >= 0.3 is 35.8 Å². The molecule has 40 heavy (non-hydrogen) atoms. The summed E-state index contributed by atoms with van der Waals surface area (Å²) in [6.07, 6.45) is -7.83. The molecular weight excluding hydrogens is 552 g/mol. The third-order valence-electron chi connectivity index (χ3n) is 5.39. The van der Waals surface area contributed by atoms with Crippen molar-refractivity contribution >= 4 is 47.6 Å². The summed E-state index contributed by atoms with van der Waals surface area (Å²) in [7, 11) is 1.12. The molecule has 0 spiro atoms. The molecule has 0 radical (unpaired) electrons. The summed E-state index contributed by atoms with van der Waals surface area (Å²) in [6.45, 7) is 4.86. The summed E-state index contributed by atoms with van der Waals surface area (Å²) < 4.78 is 38.1. The molecule has 220 valence electrons. The molecule has 14 heteroatoms. The average molecular weight is 585 g/mol. The van der Waals surface area contributed by atoms with E-state index >= 15 is 0 Å². The molecule has 1 aliphatic heterocycles. The van der Waals surface area contributed by atoms with E-state index in [1.807, 2.05) is 0 Å². The maximum atomic E-state index is 13.3. The van der Waals surface area contributed by atoms with E-state index in [0.29, 0.717) is 4.90 Å². The van der Waals surface area contributed by atoms with E-state index < -0.39 is 77.9 Å². The first-order valence-corrected chi connectivity index (χ1v) is 12.9. The first-order chi connectivity index (χ1) is 18.8. The molecular formula is C26H32O13S. The van der Waals surface area contributed by atoms with Crippen LogP contribution in [-0.4, -0.2) is 85.0 Å². The second kappa shape index (κ2) is 14.7. The van der Waals surface area contributed by atoms with Crippen molar-refractivity contribution in [2.45, 2.75) is 81.4 Å². The van der Waals surface area contributed by atoms with Crippen LogP contribution in [0.1, 0.15) is 41.0 Å². The van der Waals surface area contributed by atoms with Crippen molar-refractivity contribution < 1.29 is 61.9 Å². The Balaban J connectivity index is 2.76. The van der Waals surface area contributed by atoms with E-state index in [9.17, 15) is 28.8 Å². The van der Waals surface area contributed by atoms with Crippen molar-refractivity contribution in [3.63, 3.8) is 0 Å². The zero-order chi connectivity index (χ0) is 30.0. The van der Waals surface area contributed by atoms with Crippen LogP contribution in [0.5, 0.6) is 0 Å². The van der Waals surface area contributed by atoms with Crippen LogP contribution in [0.3, 0.4) is 0 Å². The van der Waals surface area contributed by atoms with Gasteiger partial charge in [0, 0.05) is 45.9 Å². The highest BCUT2D eigenvalue weighted by Gasteiger charge is 2.59. The maximum Gasteiger partial charge on any atom is 0.349 e. The van der Waals surface area contributed by atoms with Crippen molar-refractivity contribution in [3.8, 4) is 0 Å². The summed E-state index contributed by atoms with van der Waals surface area (Å²) in [5.41, 5.74) is 0. The molecule has 1 aromatic carbocycles. The second-order valence-corrected chi connectivity index (χ2v) is 10.0. The molecule has 0 amide bonds. The smallest absolute Gasteiger partial charge is 0.349 e. The predicted octanol–water partition coefficient (Wildman–Crippen LogP) is 1.73. The Hall–Kier alpha value is -3.65. The molecule has 0 aliphatic carbocycles. The molecule has 0 unspecified atom stereocenters. The highest BCUT2D eigenvalue weighted by Crippen LogP contribution is 2.46.